The van der Waals surface area contributed by atoms with Crippen LogP contribution in [0.2, 0.25) is 0 Å². The lowest BCUT2D eigenvalue weighted by molar-refractivity contribution is 0.154. The average Bonchev–Trinajstić information content (AvgIpc) is 2.84. The van der Waals surface area contributed by atoms with Gasteiger partial charge in [-0.05, 0) is 45.1 Å². The van der Waals surface area contributed by atoms with Gasteiger partial charge in [0, 0.05) is 25.1 Å². The molecule has 0 spiro atoms. The first kappa shape index (κ1) is 14.7. The van der Waals surface area contributed by atoms with Crippen LogP contribution in [-0.2, 0) is 17.6 Å². The predicted molar refractivity (Wildman–Crippen MR) is 88.6 cm³/mol. The second kappa shape index (κ2) is 6.28. The Morgan fingerprint density at radius 3 is 2.86 bits per heavy atom. The number of aromatic nitrogens is 2. The fourth-order valence-electron chi connectivity index (χ4n) is 2.97. The van der Waals surface area contributed by atoms with Crippen molar-refractivity contribution in [2.45, 2.75) is 39.5 Å². The van der Waals surface area contributed by atoms with Crippen LogP contribution in [0.3, 0.4) is 0 Å². The zero-order valence-corrected chi connectivity index (χ0v) is 13.9. The highest BCUT2D eigenvalue weighted by Crippen LogP contribution is 2.39. The van der Waals surface area contributed by atoms with E-state index in [1.165, 1.54) is 41.5 Å². The van der Waals surface area contributed by atoms with Gasteiger partial charge >= 0.3 is 0 Å². The minimum Gasteiger partial charge on any atom is -0.380 e. The van der Waals surface area contributed by atoms with Crippen LogP contribution in [0.15, 0.2) is 0 Å². The fraction of sp³-hybridized carbons (Fsp3) is 0.625. The van der Waals surface area contributed by atoms with E-state index in [-0.39, 0.29) is 0 Å². The van der Waals surface area contributed by atoms with Crippen LogP contribution in [0, 0.1) is 6.92 Å². The van der Waals surface area contributed by atoms with Crippen LogP contribution in [0.1, 0.15) is 36.0 Å². The minimum atomic E-state index is 0.740. The van der Waals surface area contributed by atoms with Gasteiger partial charge in [-0.3, -0.25) is 0 Å². The van der Waals surface area contributed by atoms with Gasteiger partial charge in [-0.25, -0.2) is 9.97 Å². The van der Waals surface area contributed by atoms with E-state index in [0.29, 0.717) is 0 Å². The van der Waals surface area contributed by atoms with Crippen molar-refractivity contribution in [1.29, 1.82) is 0 Å². The summed E-state index contributed by atoms with van der Waals surface area (Å²) >= 11 is 1.86. The molecule has 114 valence electrons. The van der Waals surface area contributed by atoms with E-state index in [0.717, 1.165) is 36.2 Å². The van der Waals surface area contributed by atoms with Crippen molar-refractivity contribution in [3.8, 4) is 0 Å². The molecule has 0 N–H and O–H groups in total. The van der Waals surface area contributed by atoms with Gasteiger partial charge < -0.3 is 9.64 Å². The Kier molecular flexibility index (Phi) is 4.40. The van der Waals surface area contributed by atoms with E-state index in [1.807, 2.05) is 25.2 Å². The molecule has 0 amide bonds. The molecular formula is C16H23N3OS. The monoisotopic (exact) mass is 305 g/mol. The first-order valence-electron chi connectivity index (χ1n) is 7.78. The van der Waals surface area contributed by atoms with Gasteiger partial charge in [0.25, 0.3) is 0 Å². The highest BCUT2D eigenvalue weighted by Gasteiger charge is 2.21. The summed E-state index contributed by atoms with van der Waals surface area (Å²) in [6.07, 6.45) is 4.97. The van der Waals surface area contributed by atoms with Crippen LogP contribution >= 0.6 is 11.3 Å². The summed E-state index contributed by atoms with van der Waals surface area (Å²) in [5, 5.41) is 1.29. The number of nitrogens with zero attached hydrogens (tertiary/aromatic N) is 3. The van der Waals surface area contributed by atoms with E-state index >= 15 is 0 Å². The normalized spacial score (nSPS) is 14.4. The van der Waals surface area contributed by atoms with Gasteiger partial charge in [0.1, 0.15) is 16.5 Å². The number of fused-ring (bicyclic) bond motifs is 3. The Bertz CT molecular complexity index is 638. The molecule has 0 aromatic carbocycles. The van der Waals surface area contributed by atoms with Gasteiger partial charge in [0.2, 0.25) is 0 Å². The Balaban J connectivity index is 2.01. The van der Waals surface area contributed by atoms with E-state index in [2.05, 4.69) is 16.9 Å². The number of hydrogen-bond acceptors (Lipinski definition) is 5. The molecule has 5 heteroatoms. The quantitative estimate of drug-likeness (QED) is 0.794. The molecular weight excluding hydrogens is 282 g/mol. The minimum absolute atomic E-state index is 0.740. The summed E-state index contributed by atoms with van der Waals surface area (Å²) in [5.41, 5.74) is 1.50. The fourth-order valence-corrected chi connectivity index (χ4v) is 4.27. The van der Waals surface area contributed by atoms with Gasteiger partial charge in [-0.2, -0.15) is 0 Å². The summed E-state index contributed by atoms with van der Waals surface area (Å²) in [4.78, 5) is 14.3. The molecule has 3 rings (SSSR count). The third-order valence-electron chi connectivity index (χ3n) is 4.04. The van der Waals surface area contributed by atoms with Crippen molar-refractivity contribution in [3.63, 3.8) is 0 Å². The molecule has 4 nitrogen and oxygen atoms in total. The molecule has 1 aliphatic carbocycles. The molecule has 21 heavy (non-hydrogen) atoms. The number of aryl methyl sites for hydroxylation is 3. The summed E-state index contributed by atoms with van der Waals surface area (Å²) in [5.74, 6) is 1.94. The van der Waals surface area contributed by atoms with Crippen LogP contribution in [0.5, 0.6) is 0 Å². The molecule has 0 atom stereocenters. The highest BCUT2D eigenvalue weighted by atomic mass is 32.1. The maximum absolute atomic E-state index is 5.48. The summed E-state index contributed by atoms with van der Waals surface area (Å²) in [6, 6.07) is 0. The molecule has 2 heterocycles. The number of hydrogen-bond donors (Lipinski definition) is 0. The third-order valence-corrected chi connectivity index (χ3v) is 5.23. The van der Waals surface area contributed by atoms with Gasteiger partial charge in [-0.15, -0.1) is 11.3 Å². The van der Waals surface area contributed by atoms with E-state index in [4.69, 9.17) is 9.72 Å². The SMILES string of the molecule is CCOCCN(C)c1nc(C)nc2sc3c(c12)CCCC3. The molecule has 2 aromatic rings. The number of rotatable bonds is 5. The van der Waals surface area contributed by atoms with Crippen LogP contribution in [0.4, 0.5) is 5.82 Å². The smallest absolute Gasteiger partial charge is 0.141 e. The Labute approximate surface area is 130 Å². The lowest BCUT2D eigenvalue weighted by atomic mass is 9.97. The number of likely N-dealkylation sites (N-methyl/N-ethyl adjacent to an activating group) is 1. The predicted octanol–water partition coefficient (Wildman–Crippen LogP) is 3.35. The van der Waals surface area contributed by atoms with Crippen LogP contribution in [-0.4, -0.2) is 36.8 Å². The maximum Gasteiger partial charge on any atom is 0.141 e. The van der Waals surface area contributed by atoms with Crippen molar-refractivity contribution in [3.05, 3.63) is 16.3 Å². The zero-order chi connectivity index (χ0) is 14.8. The molecule has 0 saturated carbocycles. The van der Waals surface area contributed by atoms with Crippen molar-refractivity contribution in [2.24, 2.45) is 0 Å². The lowest BCUT2D eigenvalue weighted by Gasteiger charge is -2.20. The van der Waals surface area contributed by atoms with Crippen molar-refractivity contribution in [2.75, 3.05) is 31.7 Å². The zero-order valence-electron chi connectivity index (χ0n) is 13.1. The second-order valence-corrected chi connectivity index (χ2v) is 6.69. The molecule has 0 fully saturated rings. The number of thiophene rings is 1. The first-order valence-corrected chi connectivity index (χ1v) is 8.60. The maximum atomic E-state index is 5.48. The number of anilines is 1. The van der Waals surface area contributed by atoms with Gasteiger partial charge in [-0.1, -0.05) is 0 Å². The van der Waals surface area contributed by atoms with E-state index in [1.54, 1.807) is 0 Å². The van der Waals surface area contributed by atoms with Crippen molar-refractivity contribution >= 4 is 27.4 Å². The first-order chi connectivity index (χ1) is 10.2. The van der Waals surface area contributed by atoms with E-state index in [9.17, 15) is 0 Å². The van der Waals surface area contributed by atoms with Crippen LogP contribution in [0.25, 0.3) is 10.2 Å². The van der Waals surface area contributed by atoms with Gasteiger partial charge in [0.15, 0.2) is 0 Å². The molecule has 1 aliphatic rings. The third kappa shape index (κ3) is 2.90. The Morgan fingerprint density at radius 1 is 1.24 bits per heavy atom. The topological polar surface area (TPSA) is 38.2 Å². The molecule has 0 bridgehead atoms. The Hall–Kier alpha value is -1.20. The summed E-state index contributed by atoms with van der Waals surface area (Å²) in [7, 11) is 2.10. The molecule has 0 aliphatic heterocycles. The average molecular weight is 305 g/mol. The largest absolute Gasteiger partial charge is 0.380 e. The number of ether oxygens (including phenoxy) is 1. The Morgan fingerprint density at radius 2 is 2.05 bits per heavy atom. The second-order valence-electron chi connectivity index (χ2n) is 5.60. The van der Waals surface area contributed by atoms with Crippen molar-refractivity contribution < 1.29 is 4.74 Å². The molecule has 2 aromatic heterocycles. The standard InChI is InChI=1S/C16H23N3OS/c1-4-20-10-9-19(3)15-14-12-7-5-6-8-13(12)21-16(14)18-11(2)17-15/h4-10H2,1-3H3. The van der Waals surface area contributed by atoms with Crippen LogP contribution < -0.4 is 4.90 Å². The molecule has 0 saturated heterocycles. The summed E-state index contributed by atoms with van der Waals surface area (Å²) < 4.78 is 5.48. The summed E-state index contributed by atoms with van der Waals surface area (Å²) in [6.45, 7) is 6.38. The molecule has 0 radical (unpaired) electrons. The van der Waals surface area contributed by atoms with E-state index < -0.39 is 0 Å². The van der Waals surface area contributed by atoms with Crippen molar-refractivity contribution in [1.82, 2.24) is 9.97 Å². The lowest BCUT2D eigenvalue weighted by Crippen LogP contribution is -2.24. The van der Waals surface area contributed by atoms with Gasteiger partial charge in [0.05, 0.1) is 12.0 Å². The molecule has 0 unspecified atom stereocenters. The highest BCUT2D eigenvalue weighted by molar-refractivity contribution is 7.19.